The molecule has 0 fully saturated rings. The van der Waals surface area contributed by atoms with Crippen LogP contribution in [0.1, 0.15) is 23.0 Å². The molecule has 15 nitrogen and oxygen atoms in total. The van der Waals surface area contributed by atoms with Gasteiger partial charge in [0.25, 0.3) is 11.6 Å². The summed E-state index contributed by atoms with van der Waals surface area (Å²) in [5.41, 5.74) is 8.69. The number of non-ortho nitro benzene ring substituents is 1. The van der Waals surface area contributed by atoms with Gasteiger partial charge in [-0.1, -0.05) is 17.3 Å². The highest BCUT2D eigenvalue weighted by Crippen LogP contribution is 2.29. The number of carbonyl (C=O) groups excluding carboxylic acids is 1. The van der Waals surface area contributed by atoms with Crippen molar-refractivity contribution in [1.82, 2.24) is 30.7 Å². The second-order valence-electron chi connectivity index (χ2n) is 7.02. The van der Waals surface area contributed by atoms with Crippen molar-refractivity contribution < 1.29 is 23.8 Å². The van der Waals surface area contributed by atoms with Gasteiger partial charge in [-0.15, -0.1) is 5.10 Å². The summed E-state index contributed by atoms with van der Waals surface area (Å²) in [5.74, 6) is 0.157. The van der Waals surface area contributed by atoms with E-state index in [-0.39, 0.29) is 34.3 Å². The molecule has 0 unspecified atom stereocenters. The van der Waals surface area contributed by atoms with Gasteiger partial charge in [0, 0.05) is 17.7 Å². The maximum Gasteiger partial charge on any atom is 0.294 e. The van der Waals surface area contributed by atoms with Crippen molar-refractivity contribution in [3.63, 3.8) is 0 Å². The summed E-state index contributed by atoms with van der Waals surface area (Å²) in [6, 6.07) is 10.7. The van der Waals surface area contributed by atoms with Crippen LogP contribution in [0.3, 0.4) is 0 Å². The van der Waals surface area contributed by atoms with Gasteiger partial charge in [0.05, 0.1) is 24.9 Å². The molecule has 36 heavy (non-hydrogen) atoms. The highest BCUT2D eigenvalue weighted by Gasteiger charge is 2.26. The first-order valence-electron chi connectivity index (χ1n) is 10.4. The fourth-order valence-corrected chi connectivity index (χ4v) is 3.21. The van der Waals surface area contributed by atoms with E-state index in [2.05, 4.69) is 35.8 Å². The monoisotopic (exact) mass is 493 g/mol. The molecule has 4 rings (SSSR count). The number of carbonyl (C=O) groups is 1. The number of hydrogen-bond acceptors (Lipinski definition) is 12. The molecule has 0 atom stereocenters. The van der Waals surface area contributed by atoms with E-state index in [9.17, 15) is 14.9 Å². The summed E-state index contributed by atoms with van der Waals surface area (Å²) in [5, 5.41) is 30.2. The summed E-state index contributed by atoms with van der Waals surface area (Å²) in [4.78, 5) is 23.7. The Morgan fingerprint density at radius 3 is 2.81 bits per heavy atom. The van der Waals surface area contributed by atoms with Gasteiger partial charge in [0.1, 0.15) is 5.69 Å². The van der Waals surface area contributed by atoms with E-state index in [1.54, 1.807) is 24.3 Å². The van der Waals surface area contributed by atoms with Gasteiger partial charge in [-0.3, -0.25) is 14.9 Å². The van der Waals surface area contributed by atoms with Gasteiger partial charge < -0.3 is 15.2 Å². The van der Waals surface area contributed by atoms with Gasteiger partial charge in [0.2, 0.25) is 11.6 Å². The van der Waals surface area contributed by atoms with Crippen molar-refractivity contribution in [2.75, 3.05) is 19.5 Å². The quantitative estimate of drug-likeness (QED) is 0.196. The topological polar surface area (TPSA) is 199 Å². The second-order valence-corrected chi connectivity index (χ2v) is 7.02. The molecule has 0 aliphatic heterocycles. The Bertz CT molecular complexity index is 1450. The first kappa shape index (κ1) is 23.8. The fourth-order valence-electron chi connectivity index (χ4n) is 3.21. The molecule has 2 aromatic heterocycles. The summed E-state index contributed by atoms with van der Waals surface area (Å²) in [6.07, 6.45) is 1.40. The van der Waals surface area contributed by atoms with Gasteiger partial charge >= 0.3 is 0 Å². The molecular weight excluding hydrogens is 474 g/mol. The van der Waals surface area contributed by atoms with Crippen molar-refractivity contribution >= 4 is 23.6 Å². The van der Waals surface area contributed by atoms with Crippen molar-refractivity contribution in [1.29, 1.82) is 0 Å². The van der Waals surface area contributed by atoms with Crippen LogP contribution < -0.4 is 20.6 Å². The van der Waals surface area contributed by atoms with Crippen molar-refractivity contribution in [2.45, 2.75) is 6.92 Å². The highest BCUT2D eigenvalue weighted by molar-refractivity contribution is 5.99. The van der Waals surface area contributed by atoms with Crippen LogP contribution in [0.4, 0.5) is 11.5 Å². The van der Waals surface area contributed by atoms with Crippen LogP contribution in [0.25, 0.3) is 17.1 Å². The average molecular weight is 493 g/mol. The predicted octanol–water partition coefficient (Wildman–Crippen LogP) is 1.98. The summed E-state index contributed by atoms with van der Waals surface area (Å²) < 4.78 is 16.5. The Hall–Kier alpha value is -5.34. The Labute approximate surface area is 202 Å². The molecule has 184 valence electrons. The van der Waals surface area contributed by atoms with E-state index < -0.39 is 10.8 Å². The molecule has 0 bridgehead atoms. The molecule has 0 aliphatic rings. The average Bonchev–Trinajstić information content (AvgIpc) is 3.50. The minimum atomic E-state index is -0.743. The number of nitro benzene ring substituents is 1. The number of ether oxygens (including phenoxy) is 2. The summed E-state index contributed by atoms with van der Waals surface area (Å²) in [6.45, 7) is 2.28. The molecule has 0 aliphatic carbocycles. The molecule has 2 aromatic carbocycles. The van der Waals surface area contributed by atoms with Crippen molar-refractivity contribution in [3.05, 3.63) is 63.8 Å². The number of methoxy groups -OCH3 is 1. The van der Waals surface area contributed by atoms with Gasteiger partial charge in [-0.25, -0.2) is 10.1 Å². The SMILES string of the molecule is CCOc1cc(/C=N\NC(=O)c2nnn(-c3nonc3N)c2-c2cccc([N+](=O)[O-])c2)ccc1OC. The number of anilines is 1. The lowest BCUT2D eigenvalue weighted by molar-refractivity contribution is -0.384. The summed E-state index contributed by atoms with van der Waals surface area (Å²) in [7, 11) is 1.53. The Morgan fingerprint density at radius 1 is 1.28 bits per heavy atom. The van der Waals surface area contributed by atoms with Crippen molar-refractivity contribution in [2.24, 2.45) is 5.10 Å². The number of hydrazone groups is 1. The number of hydrogen-bond donors (Lipinski definition) is 2. The lowest BCUT2D eigenvalue weighted by Crippen LogP contribution is -2.19. The minimum Gasteiger partial charge on any atom is -0.493 e. The molecule has 15 heteroatoms. The maximum atomic E-state index is 13.0. The smallest absolute Gasteiger partial charge is 0.294 e. The van der Waals surface area contributed by atoms with Crippen LogP contribution in [-0.4, -0.2) is 56.1 Å². The molecule has 2 heterocycles. The van der Waals surface area contributed by atoms with Crippen LogP contribution in [0, 0.1) is 10.1 Å². The second kappa shape index (κ2) is 10.3. The van der Waals surface area contributed by atoms with Crippen LogP contribution in [0.5, 0.6) is 11.5 Å². The third-order valence-corrected chi connectivity index (χ3v) is 4.78. The Morgan fingerprint density at radius 2 is 2.11 bits per heavy atom. The lowest BCUT2D eigenvalue weighted by Gasteiger charge is -2.09. The number of nitrogens with two attached hydrogens (primary N) is 1. The molecule has 3 N–H and O–H groups in total. The predicted molar refractivity (Wildman–Crippen MR) is 125 cm³/mol. The van der Waals surface area contributed by atoms with E-state index in [0.29, 0.717) is 23.7 Å². The Balaban J connectivity index is 1.67. The van der Waals surface area contributed by atoms with E-state index in [1.165, 1.54) is 31.5 Å². The standard InChI is InChI=1S/C21H19N9O6/c1-3-35-16-9-12(7-8-15(16)34-2)11-23-25-21(31)17-18(13-5-4-6-14(10-13)30(32)33)29(28-24-17)20-19(22)26-36-27-20/h4-11H,3H2,1-2H3,(H2,22,26)(H,25,31)/b23-11-. The normalized spacial score (nSPS) is 10.9. The van der Waals surface area contributed by atoms with E-state index >= 15 is 0 Å². The van der Waals surface area contributed by atoms with Gasteiger partial charge in [0.15, 0.2) is 17.2 Å². The first-order valence-corrected chi connectivity index (χ1v) is 10.4. The zero-order chi connectivity index (χ0) is 25.7. The van der Waals surface area contributed by atoms with Crippen molar-refractivity contribution in [3.8, 4) is 28.6 Å². The minimum absolute atomic E-state index is 0.0479. The number of amides is 1. The van der Waals surface area contributed by atoms with Crippen LogP contribution >= 0.6 is 0 Å². The van der Waals surface area contributed by atoms with Gasteiger partial charge in [-0.2, -0.15) is 9.78 Å². The molecule has 0 saturated carbocycles. The number of rotatable bonds is 9. The van der Waals surface area contributed by atoms with Gasteiger partial charge in [-0.05, 0) is 41.0 Å². The van der Waals surface area contributed by atoms with E-state index in [0.717, 1.165) is 4.68 Å². The number of nitrogens with one attached hydrogen (secondary N) is 1. The number of nitro groups is 1. The molecule has 0 saturated heterocycles. The molecule has 0 spiro atoms. The number of benzene rings is 2. The number of nitrogen functional groups attached to an aromatic ring is 1. The Kier molecular flexibility index (Phi) is 6.80. The fraction of sp³-hybridized carbons (Fsp3) is 0.143. The molecule has 1 amide bonds. The first-order chi connectivity index (χ1) is 17.4. The number of aromatic nitrogens is 5. The van der Waals surface area contributed by atoms with E-state index in [4.69, 9.17) is 15.2 Å². The van der Waals surface area contributed by atoms with E-state index in [1.807, 2.05) is 6.92 Å². The largest absolute Gasteiger partial charge is 0.493 e. The maximum absolute atomic E-state index is 13.0. The molecule has 4 aromatic rings. The highest BCUT2D eigenvalue weighted by atomic mass is 16.6. The zero-order valence-electron chi connectivity index (χ0n) is 19.0. The third kappa shape index (κ3) is 4.79. The molecule has 0 radical (unpaired) electrons. The lowest BCUT2D eigenvalue weighted by atomic mass is 10.1. The van der Waals surface area contributed by atoms with Crippen LogP contribution in [0.2, 0.25) is 0 Å². The van der Waals surface area contributed by atoms with Crippen LogP contribution in [-0.2, 0) is 0 Å². The zero-order valence-corrected chi connectivity index (χ0v) is 19.0. The van der Waals surface area contributed by atoms with Crippen LogP contribution in [0.15, 0.2) is 52.2 Å². The summed E-state index contributed by atoms with van der Waals surface area (Å²) >= 11 is 0. The number of nitrogens with zero attached hydrogens (tertiary/aromatic N) is 7. The molecular formula is C21H19N9O6. The third-order valence-electron chi connectivity index (χ3n) is 4.78.